The second kappa shape index (κ2) is 11.6. The Morgan fingerprint density at radius 2 is 1.78 bits per heavy atom. The number of hydrogen-bond donors (Lipinski definition) is 0. The second-order valence-electron chi connectivity index (χ2n) is 8.44. The molecule has 4 rings (SSSR count). The van der Waals surface area contributed by atoms with Gasteiger partial charge in [0.15, 0.2) is 0 Å². The molecule has 1 atom stereocenters. The van der Waals surface area contributed by atoms with Crippen LogP contribution < -0.4 is 4.90 Å². The molecule has 1 saturated heterocycles. The summed E-state index contributed by atoms with van der Waals surface area (Å²) in [6.45, 7) is 2.25. The van der Waals surface area contributed by atoms with Crippen LogP contribution in [0.25, 0.3) is 0 Å². The van der Waals surface area contributed by atoms with Crippen molar-refractivity contribution in [3.63, 3.8) is 0 Å². The highest BCUT2D eigenvalue weighted by Gasteiger charge is 2.44. The molecule has 2 heterocycles. The van der Waals surface area contributed by atoms with E-state index in [4.69, 9.17) is 0 Å². The maximum absolute atomic E-state index is 13.5. The van der Waals surface area contributed by atoms with Gasteiger partial charge in [-0.25, -0.2) is 9.88 Å². The lowest BCUT2D eigenvalue weighted by Gasteiger charge is -2.28. The number of aryl methyl sites for hydroxylation is 1. The summed E-state index contributed by atoms with van der Waals surface area (Å²) in [5.41, 5.74) is 2.62. The number of hydrogen-bond acceptors (Lipinski definition) is 6. The lowest BCUT2D eigenvalue weighted by Crippen LogP contribution is -2.45. The average molecular weight is 499 g/mol. The number of carbonyl (C=O) groups is 3. The van der Waals surface area contributed by atoms with Crippen molar-refractivity contribution in [1.29, 1.82) is 5.26 Å². The van der Waals surface area contributed by atoms with Crippen molar-refractivity contribution in [2.45, 2.75) is 43.8 Å². The predicted octanol–water partition coefficient (Wildman–Crippen LogP) is 4.36. The molecule has 3 amide bonds. The topological polar surface area (TPSA) is 94.4 Å². The summed E-state index contributed by atoms with van der Waals surface area (Å²) in [6.07, 6.45) is 1.62. The lowest BCUT2D eigenvalue weighted by molar-refractivity contribution is -0.136. The number of anilines is 1. The Labute approximate surface area is 214 Å². The number of aromatic nitrogens is 1. The van der Waals surface area contributed by atoms with Crippen molar-refractivity contribution in [1.82, 2.24) is 9.88 Å². The number of thioether (sulfide) groups is 1. The SMILES string of the molecule is CCCc1ccc(C#N)c(SCC(=O)N(Cc2ccccc2)C2CC(=O)N(c3ccccc3)C2=O)n1. The number of benzene rings is 2. The zero-order valence-electron chi connectivity index (χ0n) is 20.0. The first-order chi connectivity index (χ1) is 17.5. The van der Waals surface area contributed by atoms with Gasteiger partial charge in [0.1, 0.15) is 17.1 Å². The lowest BCUT2D eigenvalue weighted by atomic mass is 10.1. The van der Waals surface area contributed by atoms with Crippen molar-refractivity contribution in [3.8, 4) is 6.07 Å². The molecule has 0 saturated carbocycles. The van der Waals surface area contributed by atoms with Gasteiger partial charge in [-0.2, -0.15) is 5.26 Å². The number of carbonyl (C=O) groups excluding carboxylic acids is 3. The molecule has 182 valence electrons. The van der Waals surface area contributed by atoms with Gasteiger partial charge in [-0.15, -0.1) is 0 Å². The van der Waals surface area contributed by atoms with Gasteiger partial charge >= 0.3 is 0 Å². The van der Waals surface area contributed by atoms with Crippen LogP contribution in [-0.4, -0.2) is 39.4 Å². The number of pyridine rings is 1. The molecule has 1 aliphatic heterocycles. The maximum Gasteiger partial charge on any atom is 0.257 e. The molecule has 0 spiro atoms. The van der Waals surface area contributed by atoms with Crippen LogP contribution in [0.5, 0.6) is 0 Å². The van der Waals surface area contributed by atoms with Gasteiger partial charge < -0.3 is 4.90 Å². The van der Waals surface area contributed by atoms with Crippen LogP contribution in [0, 0.1) is 11.3 Å². The Balaban J connectivity index is 1.58. The van der Waals surface area contributed by atoms with Crippen LogP contribution in [0.1, 0.15) is 36.6 Å². The number of imide groups is 1. The van der Waals surface area contributed by atoms with E-state index in [2.05, 4.69) is 18.0 Å². The standard InChI is InChI=1S/C28H26N4O3S/c1-2-9-22-15-14-21(17-29)27(30-22)36-19-26(34)31(18-20-10-5-3-6-11-20)24-16-25(33)32(28(24)35)23-12-7-4-8-13-23/h3-8,10-15,24H,2,9,16,18-19H2,1H3. The molecule has 0 N–H and O–H groups in total. The van der Waals surface area contributed by atoms with Gasteiger partial charge in [0, 0.05) is 12.2 Å². The number of amides is 3. The minimum Gasteiger partial charge on any atom is -0.325 e. The smallest absolute Gasteiger partial charge is 0.257 e. The molecule has 0 radical (unpaired) electrons. The van der Waals surface area contributed by atoms with Gasteiger partial charge in [-0.05, 0) is 36.2 Å². The number of rotatable bonds is 9. The molecule has 36 heavy (non-hydrogen) atoms. The largest absolute Gasteiger partial charge is 0.325 e. The molecular weight excluding hydrogens is 472 g/mol. The van der Waals surface area contributed by atoms with E-state index in [0.717, 1.165) is 29.0 Å². The molecule has 0 aliphatic carbocycles. The van der Waals surface area contributed by atoms with E-state index in [1.165, 1.54) is 16.7 Å². The van der Waals surface area contributed by atoms with Gasteiger partial charge in [-0.3, -0.25) is 14.4 Å². The van der Waals surface area contributed by atoms with Gasteiger partial charge in [-0.1, -0.05) is 73.6 Å². The minimum absolute atomic E-state index is 0.00655. The van der Waals surface area contributed by atoms with Crippen LogP contribution in [0.3, 0.4) is 0 Å². The van der Waals surface area contributed by atoms with Crippen molar-refractivity contribution in [2.24, 2.45) is 0 Å². The van der Waals surface area contributed by atoms with Crippen molar-refractivity contribution >= 4 is 35.2 Å². The molecule has 1 fully saturated rings. The van der Waals surface area contributed by atoms with Crippen molar-refractivity contribution in [3.05, 3.63) is 89.6 Å². The molecule has 7 nitrogen and oxygen atoms in total. The predicted molar refractivity (Wildman–Crippen MR) is 138 cm³/mol. The van der Waals surface area contributed by atoms with Crippen LogP contribution in [0.4, 0.5) is 5.69 Å². The number of nitriles is 1. The average Bonchev–Trinajstić information content (AvgIpc) is 3.20. The fourth-order valence-corrected chi connectivity index (χ4v) is 5.02. The molecular formula is C28H26N4O3S. The maximum atomic E-state index is 13.5. The summed E-state index contributed by atoms with van der Waals surface area (Å²) in [5, 5.41) is 9.99. The molecule has 1 aliphatic rings. The number of para-hydroxylation sites is 1. The molecule has 1 unspecified atom stereocenters. The van der Waals surface area contributed by atoms with E-state index in [0.29, 0.717) is 16.3 Å². The van der Waals surface area contributed by atoms with E-state index in [1.54, 1.807) is 30.3 Å². The van der Waals surface area contributed by atoms with Crippen LogP contribution >= 0.6 is 11.8 Å². The monoisotopic (exact) mass is 498 g/mol. The first kappa shape index (κ1) is 25.1. The molecule has 2 aromatic carbocycles. The third kappa shape index (κ3) is 5.64. The Bertz CT molecular complexity index is 1290. The van der Waals surface area contributed by atoms with Gasteiger partial charge in [0.25, 0.3) is 5.91 Å². The molecule has 8 heteroatoms. The Hall–Kier alpha value is -3.96. The van der Waals surface area contributed by atoms with Gasteiger partial charge in [0.2, 0.25) is 11.8 Å². The summed E-state index contributed by atoms with van der Waals surface area (Å²) < 4.78 is 0. The summed E-state index contributed by atoms with van der Waals surface area (Å²) in [5.74, 6) is -1.05. The van der Waals surface area contributed by atoms with E-state index in [1.807, 2.05) is 42.5 Å². The summed E-state index contributed by atoms with van der Waals surface area (Å²) in [4.78, 5) is 47.0. The van der Waals surface area contributed by atoms with E-state index >= 15 is 0 Å². The molecule has 0 bridgehead atoms. The van der Waals surface area contributed by atoms with E-state index < -0.39 is 11.9 Å². The highest BCUT2D eigenvalue weighted by atomic mass is 32.2. The van der Waals surface area contributed by atoms with Crippen molar-refractivity contribution in [2.75, 3.05) is 10.7 Å². The first-order valence-electron chi connectivity index (χ1n) is 11.8. The normalized spacial score (nSPS) is 15.1. The van der Waals surface area contributed by atoms with E-state index in [-0.39, 0.29) is 30.5 Å². The van der Waals surface area contributed by atoms with Crippen LogP contribution in [0.2, 0.25) is 0 Å². The quantitative estimate of drug-likeness (QED) is 0.321. The molecule has 1 aromatic heterocycles. The zero-order valence-corrected chi connectivity index (χ0v) is 20.8. The highest BCUT2D eigenvalue weighted by molar-refractivity contribution is 8.00. The second-order valence-corrected chi connectivity index (χ2v) is 9.40. The third-order valence-corrected chi connectivity index (χ3v) is 6.88. The summed E-state index contributed by atoms with van der Waals surface area (Å²) >= 11 is 1.18. The highest BCUT2D eigenvalue weighted by Crippen LogP contribution is 2.28. The first-order valence-corrected chi connectivity index (χ1v) is 12.8. The fraction of sp³-hybridized carbons (Fsp3) is 0.250. The Morgan fingerprint density at radius 1 is 1.08 bits per heavy atom. The summed E-state index contributed by atoms with van der Waals surface area (Å²) in [6, 6.07) is 22.9. The fourth-order valence-electron chi connectivity index (χ4n) is 4.14. The molecule has 3 aromatic rings. The van der Waals surface area contributed by atoms with Crippen molar-refractivity contribution < 1.29 is 14.4 Å². The summed E-state index contributed by atoms with van der Waals surface area (Å²) in [7, 11) is 0. The minimum atomic E-state index is -0.902. The third-order valence-electron chi connectivity index (χ3n) is 5.91. The van der Waals surface area contributed by atoms with Crippen LogP contribution in [0.15, 0.2) is 77.8 Å². The Kier molecular flexibility index (Phi) is 8.13. The van der Waals surface area contributed by atoms with E-state index in [9.17, 15) is 19.6 Å². The van der Waals surface area contributed by atoms with Crippen LogP contribution in [-0.2, 0) is 27.3 Å². The number of nitrogens with zero attached hydrogens (tertiary/aromatic N) is 4. The zero-order chi connectivity index (χ0) is 25.5. The Morgan fingerprint density at radius 3 is 2.44 bits per heavy atom. The van der Waals surface area contributed by atoms with Gasteiger partial charge in [0.05, 0.1) is 23.4 Å².